The lowest BCUT2D eigenvalue weighted by molar-refractivity contribution is -0.140. The Morgan fingerprint density at radius 2 is 1.54 bits per heavy atom. The van der Waals surface area contributed by atoms with E-state index in [2.05, 4.69) is 13.8 Å². The van der Waals surface area contributed by atoms with E-state index in [1.807, 2.05) is 47.1 Å². The van der Waals surface area contributed by atoms with Crippen molar-refractivity contribution in [3.05, 3.63) is 66.2 Å². The van der Waals surface area contributed by atoms with Crippen LogP contribution in [0.2, 0.25) is 0 Å². The lowest BCUT2D eigenvalue weighted by Crippen LogP contribution is -2.52. The van der Waals surface area contributed by atoms with E-state index in [1.165, 1.54) is 4.31 Å². The lowest BCUT2D eigenvalue weighted by atomic mass is 9.95. The van der Waals surface area contributed by atoms with Gasteiger partial charge in [0, 0.05) is 38.1 Å². The number of hydrogen-bond donors (Lipinski definition) is 0. The largest absolute Gasteiger partial charge is 0.342 e. The minimum atomic E-state index is -3.80. The van der Waals surface area contributed by atoms with Crippen molar-refractivity contribution in [1.82, 2.24) is 14.1 Å². The molecule has 1 heterocycles. The molecule has 0 N–H and O–H groups in total. The normalized spacial score (nSPS) is 15.3. The maximum atomic E-state index is 13.8. The summed E-state index contributed by atoms with van der Waals surface area (Å²) in [5.41, 5.74) is 1.00. The molecule has 1 atom stereocenters. The van der Waals surface area contributed by atoms with E-state index < -0.39 is 10.0 Å². The van der Waals surface area contributed by atoms with Crippen molar-refractivity contribution >= 4 is 21.8 Å². The van der Waals surface area contributed by atoms with Gasteiger partial charge in [-0.05, 0) is 49.8 Å². The van der Waals surface area contributed by atoms with Gasteiger partial charge >= 0.3 is 0 Å². The lowest BCUT2D eigenvalue weighted by Gasteiger charge is -2.40. The first-order valence-corrected chi connectivity index (χ1v) is 15.9. The van der Waals surface area contributed by atoms with Crippen LogP contribution >= 0.6 is 0 Å². The van der Waals surface area contributed by atoms with Gasteiger partial charge in [0.1, 0.15) is 0 Å². The van der Waals surface area contributed by atoms with Gasteiger partial charge in [0.25, 0.3) is 0 Å². The molecular weight excluding hydrogens is 510 g/mol. The summed E-state index contributed by atoms with van der Waals surface area (Å²) in [5.74, 6) is 0.0914. The van der Waals surface area contributed by atoms with Crippen molar-refractivity contribution in [3.63, 3.8) is 0 Å². The van der Waals surface area contributed by atoms with Gasteiger partial charge in [0.15, 0.2) is 0 Å². The summed E-state index contributed by atoms with van der Waals surface area (Å²) >= 11 is 0. The number of benzene rings is 2. The molecule has 0 bridgehead atoms. The van der Waals surface area contributed by atoms with E-state index in [1.54, 1.807) is 30.3 Å². The number of rotatable bonds is 14. The summed E-state index contributed by atoms with van der Waals surface area (Å²) in [6, 6.07) is 18.1. The smallest absolute Gasteiger partial charge is 0.243 e. The Morgan fingerprint density at radius 3 is 2.10 bits per heavy atom. The molecule has 39 heavy (non-hydrogen) atoms. The Bertz CT molecular complexity index is 1130. The summed E-state index contributed by atoms with van der Waals surface area (Å²) in [5, 5.41) is 0. The number of nitrogens with zero attached hydrogens (tertiary/aromatic N) is 3. The van der Waals surface area contributed by atoms with E-state index in [9.17, 15) is 18.0 Å². The predicted molar refractivity (Wildman–Crippen MR) is 155 cm³/mol. The molecule has 0 saturated carbocycles. The number of carbonyl (C=O) groups excluding carboxylic acids is 2. The topological polar surface area (TPSA) is 78.0 Å². The van der Waals surface area contributed by atoms with E-state index in [0.29, 0.717) is 38.9 Å². The first kappa shape index (κ1) is 30.8. The monoisotopic (exact) mass is 555 g/mol. The third kappa shape index (κ3) is 8.39. The molecule has 1 aliphatic heterocycles. The second-order valence-electron chi connectivity index (χ2n) is 10.5. The summed E-state index contributed by atoms with van der Waals surface area (Å²) in [6.07, 6.45) is 5.89. The molecule has 2 aromatic carbocycles. The Balaban J connectivity index is 1.77. The fraction of sp³-hybridized carbons (Fsp3) is 0.548. The molecule has 2 amide bonds. The van der Waals surface area contributed by atoms with Crippen molar-refractivity contribution in [2.75, 3.05) is 26.2 Å². The van der Waals surface area contributed by atoms with Crippen LogP contribution < -0.4 is 0 Å². The standard InChI is InChI=1S/C31H45N3O4S/c1-4-7-16-27(6-3)31(36)32-22-19-28(20-23-32)34(24-26-14-10-8-11-15-26)30(35)25-33(21-5-2)39(37,38)29-17-12-9-13-18-29/h8-15,17-18,27-28H,4-7,16,19-25H2,1-3H3. The zero-order chi connectivity index (χ0) is 28.3. The minimum Gasteiger partial charge on any atom is -0.342 e. The fourth-order valence-electron chi connectivity index (χ4n) is 5.33. The number of likely N-dealkylation sites (tertiary alicyclic amines) is 1. The molecule has 1 aliphatic rings. The molecule has 8 heteroatoms. The van der Waals surface area contributed by atoms with E-state index in [-0.39, 0.29) is 41.8 Å². The number of hydrogen-bond acceptors (Lipinski definition) is 4. The van der Waals surface area contributed by atoms with Crippen molar-refractivity contribution in [3.8, 4) is 0 Å². The van der Waals surface area contributed by atoms with Crippen molar-refractivity contribution in [1.29, 1.82) is 0 Å². The third-order valence-corrected chi connectivity index (χ3v) is 9.51. The van der Waals surface area contributed by atoms with Crippen LogP contribution in [0.25, 0.3) is 0 Å². The third-order valence-electron chi connectivity index (χ3n) is 7.65. The maximum Gasteiger partial charge on any atom is 0.243 e. The Hall–Kier alpha value is -2.71. The number of unbranched alkanes of at least 4 members (excludes halogenated alkanes) is 1. The van der Waals surface area contributed by atoms with Crippen LogP contribution in [0, 0.1) is 5.92 Å². The highest BCUT2D eigenvalue weighted by molar-refractivity contribution is 7.89. The quantitative estimate of drug-likeness (QED) is 0.316. The Morgan fingerprint density at radius 1 is 0.923 bits per heavy atom. The highest BCUT2D eigenvalue weighted by Gasteiger charge is 2.34. The van der Waals surface area contributed by atoms with Gasteiger partial charge in [-0.1, -0.05) is 82.1 Å². The molecular formula is C31H45N3O4S. The fourth-order valence-corrected chi connectivity index (χ4v) is 6.83. The number of sulfonamides is 1. The molecule has 0 spiro atoms. The maximum absolute atomic E-state index is 13.8. The van der Waals surface area contributed by atoms with Gasteiger partial charge in [0.2, 0.25) is 21.8 Å². The molecule has 214 valence electrons. The molecule has 1 fully saturated rings. The zero-order valence-corrected chi connectivity index (χ0v) is 24.6. The number of amides is 2. The van der Waals surface area contributed by atoms with Crippen LogP contribution in [0.15, 0.2) is 65.6 Å². The van der Waals surface area contributed by atoms with Gasteiger partial charge in [0.05, 0.1) is 11.4 Å². The van der Waals surface area contributed by atoms with Gasteiger partial charge < -0.3 is 9.80 Å². The number of carbonyl (C=O) groups is 2. The van der Waals surface area contributed by atoms with Crippen molar-refractivity contribution in [2.24, 2.45) is 5.92 Å². The molecule has 0 aliphatic carbocycles. The van der Waals surface area contributed by atoms with Crippen molar-refractivity contribution < 1.29 is 18.0 Å². The summed E-state index contributed by atoms with van der Waals surface area (Å²) < 4.78 is 28.1. The Kier molecular flexibility index (Phi) is 12.0. The van der Waals surface area contributed by atoms with Gasteiger partial charge in [-0.25, -0.2) is 8.42 Å². The summed E-state index contributed by atoms with van der Waals surface area (Å²) in [6.45, 7) is 7.85. The average molecular weight is 556 g/mol. The first-order valence-electron chi connectivity index (χ1n) is 14.5. The van der Waals surface area contributed by atoms with Gasteiger partial charge in [-0.2, -0.15) is 4.31 Å². The average Bonchev–Trinajstić information content (AvgIpc) is 2.97. The van der Waals surface area contributed by atoms with Crippen LogP contribution in [0.4, 0.5) is 0 Å². The van der Waals surface area contributed by atoms with Crippen LogP contribution in [-0.4, -0.2) is 66.6 Å². The first-order chi connectivity index (χ1) is 18.8. The minimum absolute atomic E-state index is 0.0552. The number of piperidine rings is 1. The second-order valence-corrected chi connectivity index (χ2v) is 12.4. The molecule has 0 radical (unpaired) electrons. The van der Waals surface area contributed by atoms with E-state index >= 15 is 0 Å². The van der Waals surface area contributed by atoms with Crippen LogP contribution in [0.5, 0.6) is 0 Å². The van der Waals surface area contributed by atoms with Crippen LogP contribution in [0.1, 0.15) is 71.3 Å². The van der Waals surface area contributed by atoms with Gasteiger partial charge in [-0.15, -0.1) is 0 Å². The molecule has 0 aromatic heterocycles. The highest BCUT2D eigenvalue weighted by atomic mass is 32.2. The molecule has 1 unspecified atom stereocenters. The second kappa shape index (κ2) is 15.2. The molecule has 7 nitrogen and oxygen atoms in total. The van der Waals surface area contributed by atoms with E-state index in [0.717, 1.165) is 31.2 Å². The Labute approximate surface area is 235 Å². The van der Waals surface area contributed by atoms with E-state index in [4.69, 9.17) is 0 Å². The molecule has 2 aromatic rings. The highest BCUT2D eigenvalue weighted by Crippen LogP contribution is 2.24. The summed E-state index contributed by atoms with van der Waals surface area (Å²) in [7, 11) is -3.80. The van der Waals surface area contributed by atoms with Crippen molar-refractivity contribution in [2.45, 2.75) is 83.2 Å². The molecule has 3 rings (SSSR count). The zero-order valence-electron chi connectivity index (χ0n) is 23.8. The van der Waals surface area contributed by atoms with Crippen LogP contribution in [0.3, 0.4) is 0 Å². The SMILES string of the molecule is CCCCC(CC)C(=O)N1CCC(N(Cc2ccccc2)C(=O)CN(CCC)S(=O)(=O)c2ccccc2)CC1. The van der Waals surface area contributed by atoms with Gasteiger partial charge in [-0.3, -0.25) is 9.59 Å². The summed E-state index contributed by atoms with van der Waals surface area (Å²) in [4.78, 5) is 31.0. The predicted octanol–water partition coefficient (Wildman–Crippen LogP) is 5.32. The van der Waals surface area contributed by atoms with Crippen LogP contribution in [-0.2, 0) is 26.2 Å². The molecule has 1 saturated heterocycles.